The predicted octanol–water partition coefficient (Wildman–Crippen LogP) is 1.29. The number of amides is 1. The monoisotopic (exact) mass is 196 g/mol. The largest absolute Gasteiger partial charge is 0.338 e. The highest BCUT2D eigenvalue weighted by Crippen LogP contribution is 2.10. The standard InChI is InChI=1S/C11H20N2O/c1-3-10(12)7-11(14)13-6-4-5-9(2)8-13/h5,10H,3-4,6-8,12H2,1-2H3. The predicted molar refractivity (Wildman–Crippen MR) is 57.8 cm³/mol. The summed E-state index contributed by atoms with van der Waals surface area (Å²) in [4.78, 5) is 13.6. The van der Waals surface area contributed by atoms with Crippen LogP contribution in [0.15, 0.2) is 11.6 Å². The molecule has 1 aliphatic rings. The van der Waals surface area contributed by atoms with E-state index in [-0.39, 0.29) is 11.9 Å². The van der Waals surface area contributed by atoms with Crippen LogP contribution in [0, 0.1) is 0 Å². The smallest absolute Gasteiger partial charge is 0.224 e. The molecule has 0 radical (unpaired) electrons. The fourth-order valence-electron chi connectivity index (χ4n) is 1.62. The van der Waals surface area contributed by atoms with E-state index in [0.717, 1.165) is 25.9 Å². The summed E-state index contributed by atoms with van der Waals surface area (Å²) in [6, 6.07) is 0.0220. The van der Waals surface area contributed by atoms with Crippen LogP contribution in [0.3, 0.4) is 0 Å². The van der Waals surface area contributed by atoms with Crippen LogP contribution < -0.4 is 5.73 Å². The molecule has 1 rings (SSSR count). The lowest BCUT2D eigenvalue weighted by molar-refractivity contribution is -0.131. The van der Waals surface area contributed by atoms with Crippen LogP contribution in [0.4, 0.5) is 0 Å². The number of rotatable bonds is 3. The molecule has 1 unspecified atom stereocenters. The molecule has 0 aliphatic carbocycles. The second-order valence-corrected chi connectivity index (χ2v) is 4.03. The Balaban J connectivity index is 2.42. The lowest BCUT2D eigenvalue weighted by atomic mass is 10.1. The average molecular weight is 196 g/mol. The first-order valence-corrected chi connectivity index (χ1v) is 5.32. The first-order chi connectivity index (χ1) is 6.63. The first-order valence-electron chi connectivity index (χ1n) is 5.32. The molecule has 1 aliphatic heterocycles. The van der Waals surface area contributed by atoms with E-state index in [0.29, 0.717) is 6.42 Å². The summed E-state index contributed by atoms with van der Waals surface area (Å²) in [5.41, 5.74) is 7.04. The van der Waals surface area contributed by atoms with E-state index in [1.807, 2.05) is 11.8 Å². The zero-order chi connectivity index (χ0) is 10.6. The summed E-state index contributed by atoms with van der Waals surface area (Å²) >= 11 is 0. The molecular weight excluding hydrogens is 176 g/mol. The summed E-state index contributed by atoms with van der Waals surface area (Å²) < 4.78 is 0. The molecule has 1 atom stereocenters. The van der Waals surface area contributed by atoms with Crippen LogP contribution in [0.25, 0.3) is 0 Å². The minimum Gasteiger partial charge on any atom is -0.338 e. The second-order valence-electron chi connectivity index (χ2n) is 4.03. The highest BCUT2D eigenvalue weighted by Gasteiger charge is 2.17. The molecular formula is C11H20N2O. The van der Waals surface area contributed by atoms with E-state index in [9.17, 15) is 4.79 Å². The third kappa shape index (κ3) is 3.14. The van der Waals surface area contributed by atoms with E-state index in [1.165, 1.54) is 5.57 Å². The maximum absolute atomic E-state index is 11.7. The van der Waals surface area contributed by atoms with Crippen LogP contribution in [0.1, 0.15) is 33.1 Å². The molecule has 1 amide bonds. The molecule has 1 heterocycles. The summed E-state index contributed by atoms with van der Waals surface area (Å²) in [6.45, 7) is 5.72. The molecule has 2 N–H and O–H groups in total. The van der Waals surface area contributed by atoms with Gasteiger partial charge in [-0.2, -0.15) is 0 Å². The van der Waals surface area contributed by atoms with Crippen LogP contribution in [-0.2, 0) is 4.79 Å². The molecule has 0 aromatic carbocycles. The summed E-state index contributed by atoms with van der Waals surface area (Å²) in [5, 5.41) is 0. The van der Waals surface area contributed by atoms with Gasteiger partial charge in [0.15, 0.2) is 0 Å². The maximum Gasteiger partial charge on any atom is 0.224 e. The van der Waals surface area contributed by atoms with Crippen molar-refractivity contribution in [2.24, 2.45) is 5.73 Å². The minimum absolute atomic E-state index is 0.0220. The van der Waals surface area contributed by atoms with Crippen molar-refractivity contribution in [3.8, 4) is 0 Å². The van der Waals surface area contributed by atoms with Crippen LogP contribution >= 0.6 is 0 Å². The van der Waals surface area contributed by atoms with Gasteiger partial charge in [-0.15, -0.1) is 0 Å². The number of nitrogens with zero attached hydrogens (tertiary/aromatic N) is 1. The third-order valence-electron chi connectivity index (χ3n) is 2.65. The quantitative estimate of drug-likeness (QED) is 0.691. The lowest BCUT2D eigenvalue weighted by Gasteiger charge is -2.27. The minimum atomic E-state index is 0.0220. The number of carbonyl (C=O) groups excluding carboxylic acids is 1. The van der Waals surface area contributed by atoms with Crippen molar-refractivity contribution in [2.45, 2.75) is 39.2 Å². The summed E-state index contributed by atoms with van der Waals surface area (Å²) in [5.74, 6) is 0.201. The molecule has 0 fully saturated rings. The average Bonchev–Trinajstić information content (AvgIpc) is 2.17. The normalized spacial score (nSPS) is 19.1. The van der Waals surface area contributed by atoms with Gasteiger partial charge >= 0.3 is 0 Å². The lowest BCUT2D eigenvalue weighted by Crippen LogP contribution is -2.38. The number of hydrogen-bond donors (Lipinski definition) is 1. The van der Waals surface area contributed by atoms with Gasteiger partial charge in [0, 0.05) is 25.6 Å². The summed E-state index contributed by atoms with van der Waals surface area (Å²) in [6.07, 6.45) is 4.54. The van der Waals surface area contributed by atoms with Crippen molar-refractivity contribution in [3.63, 3.8) is 0 Å². The van der Waals surface area contributed by atoms with E-state index >= 15 is 0 Å². The maximum atomic E-state index is 11.7. The molecule has 0 saturated carbocycles. The van der Waals surface area contributed by atoms with Gasteiger partial charge in [0.2, 0.25) is 5.91 Å². The Hall–Kier alpha value is -0.830. The Morgan fingerprint density at radius 3 is 3.00 bits per heavy atom. The van der Waals surface area contributed by atoms with Crippen LogP contribution in [-0.4, -0.2) is 29.9 Å². The van der Waals surface area contributed by atoms with Gasteiger partial charge in [0.05, 0.1) is 0 Å². The Labute approximate surface area is 86.0 Å². The zero-order valence-corrected chi connectivity index (χ0v) is 9.12. The highest BCUT2D eigenvalue weighted by molar-refractivity contribution is 5.77. The Bertz CT molecular complexity index is 235. The van der Waals surface area contributed by atoms with Crippen LogP contribution in [0.5, 0.6) is 0 Å². The fraction of sp³-hybridized carbons (Fsp3) is 0.727. The number of hydrogen-bond acceptors (Lipinski definition) is 2. The van der Waals surface area contributed by atoms with Gasteiger partial charge in [0.1, 0.15) is 0 Å². The van der Waals surface area contributed by atoms with Crippen molar-refractivity contribution in [1.29, 1.82) is 0 Å². The van der Waals surface area contributed by atoms with Gasteiger partial charge in [-0.05, 0) is 19.8 Å². The van der Waals surface area contributed by atoms with Crippen molar-refractivity contribution < 1.29 is 4.79 Å². The third-order valence-corrected chi connectivity index (χ3v) is 2.65. The van der Waals surface area contributed by atoms with Gasteiger partial charge in [0.25, 0.3) is 0 Å². The van der Waals surface area contributed by atoms with Gasteiger partial charge in [-0.1, -0.05) is 18.6 Å². The van der Waals surface area contributed by atoms with Crippen molar-refractivity contribution in [1.82, 2.24) is 4.90 Å². The fourth-order valence-corrected chi connectivity index (χ4v) is 1.62. The molecule has 14 heavy (non-hydrogen) atoms. The number of nitrogens with two attached hydrogens (primary N) is 1. The second kappa shape index (κ2) is 5.15. The number of carbonyl (C=O) groups is 1. The molecule has 0 bridgehead atoms. The van der Waals surface area contributed by atoms with Gasteiger partial charge < -0.3 is 10.6 Å². The molecule has 3 nitrogen and oxygen atoms in total. The molecule has 0 spiro atoms. The SMILES string of the molecule is CCC(N)CC(=O)N1CCC=C(C)C1. The van der Waals surface area contributed by atoms with Crippen molar-refractivity contribution >= 4 is 5.91 Å². The summed E-state index contributed by atoms with van der Waals surface area (Å²) in [7, 11) is 0. The molecule has 0 saturated heterocycles. The van der Waals surface area contributed by atoms with Gasteiger partial charge in [-0.3, -0.25) is 4.79 Å². The Morgan fingerprint density at radius 2 is 2.43 bits per heavy atom. The van der Waals surface area contributed by atoms with Crippen LogP contribution in [0.2, 0.25) is 0 Å². The van der Waals surface area contributed by atoms with Crippen molar-refractivity contribution in [2.75, 3.05) is 13.1 Å². The molecule has 0 aromatic heterocycles. The topological polar surface area (TPSA) is 46.3 Å². The molecule has 0 aromatic rings. The zero-order valence-electron chi connectivity index (χ0n) is 9.12. The Morgan fingerprint density at radius 1 is 1.71 bits per heavy atom. The van der Waals surface area contributed by atoms with E-state index < -0.39 is 0 Å². The van der Waals surface area contributed by atoms with Crippen molar-refractivity contribution in [3.05, 3.63) is 11.6 Å². The van der Waals surface area contributed by atoms with E-state index in [2.05, 4.69) is 13.0 Å². The Kier molecular flexibility index (Phi) is 4.14. The highest BCUT2D eigenvalue weighted by atomic mass is 16.2. The van der Waals surface area contributed by atoms with Gasteiger partial charge in [-0.25, -0.2) is 0 Å². The van der Waals surface area contributed by atoms with E-state index in [4.69, 9.17) is 5.73 Å². The first kappa shape index (κ1) is 11.2. The molecule has 3 heteroatoms. The molecule has 80 valence electrons. The van der Waals surface area contributed by atoms with E-state index in [1.54, 1.807) is 0 Å².